The number of sulfonamides is 1. The van der Waals surface area contributed by atoms with Crippen molar-refractivity contribution in [2.24, 2.45) is 0 Å². The lowest BCUT2D eigenvalue weighted by molar-refractivity contribution is -0.140. The van der Waals surface area contributed by atoms with E-state index in [1.807, 2.05) is 58.0 Å². The van der Waals surface area contributed by atoms with E-state index in [0.29, 0.717) is 18.7 Å². The molecule has 0 saturated heterocycles. The summed E-state index contributed by atoms with van der Waals surface area (Å²) in [5.74, 6) is -0.433. The van der Waals surface area contributed by atoms with Gasteiger partial charge in [-0.05, 0) is 62.1 Å². The van der Waals surface area contributed by atoms with Crippen LogP contribution in [0.5, 0.6) is 5.75 Å². The van der Waals surface area contributed by atoms with E-state index in [9.17, 15) is 18.0 Å². The molecule has 220 valence electrons. The van der Waals surface area contributed by atoms with Gasteiger partial charge in [-0.2, -0.15) is 0 Å². The Morgan fingerprint density at radius 2 is 1.63 bits per heavy atom. The maximum absolute atomic E-state index is 14.2. The number of nitrogens with zero attached hydrogens (tertiary/aromatic N) is 2. The molecular formula is C32H41N3O5S. The second kappa shape index (κ2) is 14.7. The van der Waals surface area contributed by atoms with E-state index in [4.69, 9.17) is 4.74 Å². The van der Waals surface area contributed by atoms with E-state index in [2.05, 4.69) is 5.32 Å². The number of rotatable bonds is 14. The monoisotopic (exact) mass is 579 g/mol. The van der Waals surface area contributed by atoms with Crippen molar-refractivity contribution in [2.75, 3.05) is 24.5 Å². The summed E-state index contributed by atoms with van der Waals surface area (Å²) in [5, 5.41) is 2.95. The van der Waals surface area contributed by atoms with Crippen LogP contribution < -0.4 is 14.4 Å². The predicted molar refractivity (Wildman–Crippen MR) is 162 cm³/mol. The van der Waals surface area contributed by atoms with Crippen LogP contribution in [-0.2, 0) is 26.2 Å². The first-order valence-corrected chi connectivity index (χ1v) is 15.4. The number of hydrogen-bond acceptors (Lipinski definition) is 5. The van der Waals surface area contributed by atoms with Gasteiger partial charge in [0.05, 0.1) is 17.7 Å². The molecule has 8 nitrogen and oxygen atoms in total. The molecule has 1 atom stereocenters. The Morgan fingerprint density at radius 3 is 2.27 bits per heavy atom. The van der Waals surface area contributed by atoms with Crippen molar-refractivity contribution in [1.29, 1.82) is 0 Å². The molecule has 0 fully saturated rings. The molecule has 9 heteroatoms. The molecule has 0 aromatic heterocycles. The molecule has 0 saturated carbocycles. The van der Waals surface area contributed by atoms with Crippen molar-refractivity contribution in [3.8, 4) is 5.75 Å². The summed E-state index contributed by atoms with van der Waals surface area (Å²) in [7, 11) is -2.72. The summed E-state index contributed by atoms with van der Waals surface area (Å²) in [4.78, 5) is 29.1. The van der Waals surface area contributed by atoms with Crippen molar-refractivity contribution in [1.82, 2.24) is 10.2 Å². The highest BCUT2D eigenvalue weighted by atomic mass is 32.2. The van der Waals surface area contributed by atoms with Crippen LogP contribution >= 0.6 is 0 Å². The molecule has 41 heavy (non-hydrogen) atoms. The predicted octanol–water partition coefficient (Wildman–Crippen LogP) is 5.23. The Bertz CT molecular complexity index is 1430. The van der Waals surface area contributed by atoms with E-state index in [-0.39, 0.29) is 23.0 Å². The van der Waals surface area contributed by atoms with Crippen LogP contribution in [0.15, 0.2) is 77.7 Å². The maximum atomic E-state index is 14.2. The highest BCUT2D eigenvalue weighted by Gasteiger charge is 2.34. The molecule has 3 aromatic rings. The second-order valence-corrected chi connectivity index (χ2v) is 11.9. The summed E-state index contributed by atoms with van der Waals surface area (Å²) >= 11 is 0. The lowest BCUT2D eigenvalue weighted by Gasteiger charge is -2.33. The second-order valence-electron chi connectivity index (χ2n) is 10.1. The van der Waals surface area contributed by atoms with Gasteiger partial charge >= 0.3 is 0 Å². The Hall–Kier alpha value is -3.85. The Morgan fingerprint density at radius 1 is 0.927 bits per heavy atom. The van der Waals surface area contributed by atoms with Crippen LogP contribution in [-0.4, -0.2) is 51.4 Å². The fourth-order valence-electron chi connectivity index (χ4n) is 4.66. The molecule has 1 N–H and O–H groups in total. The third-order valence-electron chi connectivity index (χ3n) is 6.86. The molecule has 0 aliphatic heterocycles. The zero-order valence-electron chi connectivity index (χ0n) is 24.6. The molecule has 0 radical (unpaired) electrons. The van der Waals surface area contributed by atoms with Gasteiger partial charge in [0.1, 0.15) is 18.3 Å². The first-order valence-electron chi connectivity index (χ1n) is 14.0. The minimum atomic E-state index is -4.18. The standard InChI is InChI=1S/C32H41N3O5S/c1-6-8-19-33-32(37)28(7-2)34(22-26-14-12-13-24(3)20-26)31(36)23-35(29-21-25(4)17-18-30(29)40-5)41(38,39)27-15-10-9-11-16-27/h9-18,20-21,28H,6-8,19,22-23H2,1-5H3,(H,33,37)/t28-/m1/s1. The van der Waals surface area contributed by atoms with E-state index in [1.165, 1.54) is 24.1 Å². The fourth-order valence-corrected chi connectivity index (χ4v) is 6.10. The van der Waals surface area contributed by atoms with Crippen molar-refractivity contribution in [3.63, 3.8) is 0 Å². The van der Waals surface area contributed by atoms with Gasteiger partial charge in [-0.1, -0.05) is 74.4 Å². The summed E-state index contributed by atoms with van der Waals surface area (Å²) in [6, 6.07) is 20.1. The Kier molecular flexibility index (Phi) is 11.3. The van der Waals surface area contributed by atoms with E-state index < -0.39 is 28.5 Å². The van der Waals surface area contributed by atoms with Crippen LogP contribution in [0.4, 0.5) is 5.69 Å². The van der Waals surface area contributed by atoms with E-state index in [0.717, 1.165) is 33.8 Å². The van der Waals surface area contributed by atoms with Gasteiger partial charge in [0, 0.05) is 13.1 Å². The molecule has 0 spiro atoms. The van der Waals surface area contributed by atoms with Gasteiger partial charge in [-0.3, -0.25) is 13.9 Å². The highest BCUT2D eigenvalue weighted by Crippen LogP contribution is 2.33. The number of methoxy groups -OCH3 is 1. The highest BCUT2D eigenvalue weighted by molar-refractivity contribution is 7.92. The van der Waals surface area contributed by atoms with Gasteiger partial charge in [0.2, 0.25) is 11.8 Å². The van der Waals surface area contributed by atoms with Crippen molar-refractivity contribution in [2.45, 2.75) is 64.4 Å². The van der Waals surface area contributed by atoms with Crippen LogP contribution in [0, 0.1) is 13.8 Å². The van der Waals surface area contributed by atoms with Gasteiger partial charge in [-0.25, -0.2) is 8.42 Å². The SMILES string of the molecule is CCCCNC(=O)[C@@H](CC)N(Cc1cccc(C)c1)C(=O)CN(c1cc(C)ccc1OC)S(=O)(=O)c1ccccc1. The number of amides is 2. The number of carbonyl (C=O) groups excluding carboxylic acids is 2. The third-order valence-corrected chi connectivity index (χ3v) is 8.64. The number of benzene rings is 3. The van der Waals surface area contributed by atoms with Crippen molar-refractivity contribution < 1.29 is 22.7 Å². The van der Waals surface area contributed by atoms with Crippen molar-refractivity contribution in [3.05, 3.63) is 89.5 Å². The first-order chi connectivity index (χ1) is 19.6. The third kappa shape index (κ3) is 8.10. The zero-order valence-corrected chi connectivity index (χ0v) is 25.4. The minimum Gasteiger partial charge on any atom is -0.495 e. The van der Waals surface area contributed by atoms with E-state index >= 15 is 0 Å². The maximum Gasteiger partial charge on any atom is 0.264 e. The van der Waals surface area contributed by atoms with Gasteiger partial charge in [0.15, 0.2) is 0 Å². The molecule has 0 unspecified atom stereocenters. The number of nitrogens with one attached hydrogen (secondary N) is 1. The van der Waals surface area contributed by atoms with Gasteiger partial charge < -0.3 is 15.0 Å². The lowest BCUT2D eigenvalue weighted by Crippen LogP contribution is -2.52. The summed E-state index contributed by atoms with van der Waals surface area (Å²) in [6.45, 7) is 7.85. The minimum absolute atomic E-state index is 0.0472. The average molecular weight is 580 g/mol. The van der Waals surface area contributed by atoms with Crippen molar-refractivity contribution >= 4 is 27.5 Å². The molecule has 0 aliphatic carbocycles. The summed E-state index contributed by atoms with van der Waals surface area (Å²) < 4.78 is 34.7. The molecule has 3 rings (SSSR count). The summed E-state index contributed by atoms with van der Waals surface area (Å²) in [5.41, 5.74) is 2.93. The van der Waals surface area contributed by atoms with Crippen LogP contribution in [0.1, 0.15) is 49.8 Å². The lowest BCUT2D eigenvalue weighted by atomic mass is 10.1. The summed E-state index contributed by atoms with van der Waals surface area (Å²) in [6.07, 6.45) is 2.12. The average Bonchev–Trinajstić information content (AvgIpc) is 2.96. The largest absolute Gasteiger partial charge is 0.495 e. The molecule has 0 heterocycles. The van der Waals surface area contributed by atoms with Gasteiger partial charge in [0.25, 0.3) is 10.0 Å². The quantitative estimate of drug-likeness (QED) is 0.264. The Balaban J connectivity index is 2.09. The molecule has 2 amide bonds. The molecule has 0 aliphatic rings. The normalized spacial score (nSPS) is 11.9. The van der Waals surface area contributed by atoms with Gasteiger partial charge in [-0.15, -0.1) is 0 Å². The first kappa shape index (κ1) is 31.7. The molecule has 0 bridgehead atoms. The number of carbonyl (C=O) groups is 2. The molecule has 3 aromatic carbocycles. The number of aryl methyl sites for hydroxylation is 2. The topological polar surface area (TPSA) is 96.0 Å². The fraction of sp³-hybridized carbons (Fsp3) is 0.375. The number of anilines is 1. The number of hydrogen-bond donors (Lipinski definition) is 1. The smallest absolute Gasteiger partial charge is 0.264 e. The van der Waals surface area contributed by atoms with Crippen LogP contribution in [0.25, 0.3) is 0 Å². The van der Waals surface area contributed by atoms with Crippen LogP contribution in [0.3, 0.4) is 0 Å². The Labute approximate surface area is 244 Å². The zero-order chi connectivity index (χ0) is 30.0. The number of unbranched alkanes of at least 4 members (excludes halogenated alkanes) is 1. The van der Waals surface area contributed by atoms with Crippen LogP contribution in [0.2, 0.25) is 0 Å². The van der Waals surface area contributed by atoms with E-state index in [1.54, 1.807) is 30.3 Å². The molecular weight excluding hydrogens is 538 g/mol. The number of ether oxygens (including phenoxy) is 1.